The summed E-state index contributed by atoms with van der Waals surface area (Å²) in [6.07, 6.45) is 3.57. The Morgan fingerprint density at radius 3 is 2.50 bits per heavy atom. The molecule has 0 heterocycles. The second-order valence-electron chi connectivity index (χ2n) is 5.35. The number of nitrogens with one attached hydrogen (secondary N) is 1. The molecule has 0 atom stereocenters. The molecular formula is C18H21NO. The van der Waals surface area contributed by atoms with Gasteiger partial charge in [0.05, 0.1) is 0 Å². The van der Waals surface area contributed by atoms with Crippen molar-refractivity contribution in [1.82, 2.24) is 5.32 Å². The molecule has 3 rings (SSSR count). The predicted molar refractivity (Wildman–Crippen MR) is 82.2 cm³/mol. The van der Waals surface area contributed by atoms with Crippen LogP contribution in [0.2, 0.25) is 0 Å². The molecule has 0 spiro atoms. The highest BCUT2D eigenvalue weighted by Crippen LogP contribution is 2.21. The number of rotatable bonds is 7. The molecule has 1 aliphatic rings. The molecule has 104 valence electrons. The third-order valence-corrected chi connectivity index (χ3v) is 3.58. The first kappa shape index (κ1) is 13.2. The van der Waals surface area contributed by atoms with E-state index in [4.69, 9.17) is 4.74 Å². The van der Waals surface area contributed by atoms with E-state index in [2.05, 4.69) is 53.8 Å². The molecule has 20 heavy (non-hydrogen) atoms. The largest absolute Gasteiger partial charge is 0.492 e. The molecule has 2 nitrogen and oxygen atoms in total. The average molecular weight is 267 g/mol. The molecule has 0 radical (unpaired) electrons. The normalized spacial score (nSPS) is 14.2. The quantitative estimate of drug-likeness (QED) is 0.776. The number of hydrogen-bond donors (Lipinski definition) is 1. The molecule has 0 saturated heterocycles. The van der Waals surface area contributed by atoms with E-state index in [0.717, 1.165) is 31.4 Å². The van der Waals surface area contributed by atoms with Gasteiger partial charge in [-0.05, 0) is 30.0 Å². The summed E-state index contributed by atoms with van der Waals surface area (Å²) in [4.78, 5) is 0. The fourth-order valence-corrected chi connectivity index (χ4v) is 2.32. The van der Waals surface area contributed by atoms with E-state index < -0.39 is 0 Å². The molecular weight excluding hydrogens is 246 g/mol. The van der Waals surface area contributed by atoms with E-state index in [1.807, 2.05) is 6.07 Å². The molecule has 1 aliphatic carbocycles. The predicted octanol–water partition coefficient (Wildman–Crippen LogP) is 3.41. The van der Waals surface area contributed by atoms with Crippen LogP contribution < -0.4 is 10.1 Å². The van der Waals surface area contributed by atoms with Crippen molar-refractivity contribution in [3.63, 3.8) is 0 Å². The lowest BCUT2D eigenvalue weighted by atomic mass is 10.0. The van der Waals surface area contributed by atoms with Crippen LogP contribution in [0.25, 0.3) is 0 Å². The Hall–Kier alpha value is -1.80. The lowest BCUT2D eigenvalue weighted by Gasteiger charge is -2.12. The minimum Gasteiger partial charge on any atom is -0.492 e. The maximum atomic E-state index is 5.93. The van der Waals surface area contributed by atoms with Gasteiger partial charge in [-0.1, -0.05) is 48.5 Å². The fraction of sp³-hybridized carbons (Fsp3) is 0.333. The molecule has 0 unspecified atom stereocenters. The first-order chi connectivity index (χ1) is 9.92. The Kier molecular flexibility index (Phi) is 4.34. The first-order valence-electron chi connectivity index (χ1n) is 7.40. The second kappa shape index (κ2) is 6.58. The molecule has 2 aromatic carbocycles. The van der Waals surface area contributed by atoms with E-state index in [0.29, 0.717) is 0 Å². The minimum atomic E-state index is 0.738. The van der Waals surface area contributed by atoms with Crippen LogP contribution in [0.4, 0.5) is 0 Å². The summed E-state index contributed by atoms with van der Waals surface area (Å²) >= 11 is 0. The van der Waals surface area contributed by atoms with Crippen LogP contribution in [0, 0.1) is 0 Å². The lowest BCUT2D eigenvalue weighted by molar-refractivity contribution is 0.311. The third kappa shape index (κ3) is 3.84. The average Bonchev–Trinajstić information content (AvgIpc) is 3.30. The SMILES string of the molecule is c1ccc(Cc2ccccc2OCCNC2CC2)cc1. The van der Waals surface area contributed by atoms with E-state index in [9.17, 15) is 0 Å². The molecule has 2 heteroatoms. The Morgan fingerprint density at radius 1 is 0.950 bits per heavy atom. The van der Waals surface area contributed by atoms with Gasteiger partial charge in [0, 0.05) is 19.0 Å². The minimum absolute atomic E-state index is 0.738. The summed E-state index contributed by atoms with van der Waals surface area (Å²) < 4.78 is 5.93. The van der Waals surface area contributed by atoms with Gasteiger partial charge >= 0.3 is 0 Å². The molecule has 0 aliphatic heterocycles. The highest BCUT2D eigenvalue weighted by atomic mass is 16.5. The maximum Gasteiger partial charge on any atom is 0.122 e. The number of ether oxygens (including phenoxy) is 1. The van der Waals surface area contributed by atoms with Crippen LogP contribution in [0.3, 0.4) is 0 Å². The third-order valence-electron chi connectivity index (χ3n) is 3.58. The number of para-hydroxylation sites is 1. The Morgan fingerprint density at radius 2 is 1.70 bits per heavy atom. The van der Waals surface area contributed by atoms with Gasteiger partial charge in [-0.15, -0.1) is 0 Å². The summed E-state index contributed by atoms with van der Waals surface area (Å²) in [5.74, 6) is 1.01. The van der Waals surface area contributed by atoms with Crippen LogP contribution in [0.5, 0.6) is 5.75 Å². The maximum absolute atomic E-state index is 5.93. The Labute approximate surface area is 120 Å². The smallest absolute Gasteiger partial charge is 0.122 e. The Balaban J connectivity index is 1.58. The summed E-state index contributed by atoms with van der Waals surface area (Å²) in [6.45, 7) is 1.67. The van der Waals surface area contributed by atoms with Gasteiger partial charge in [0.2, 0.25) is 0 Å². The van der Waals surface area contributed by atoms with Gasteiger partial charge in [-0.2, -0.15) is 0 Å². The van der Waals surface area contributed by atoms with Crippen molar-refractivity contribution >= 4 is 0 Å². The highest BCUT2D eigenvalue weighted by molar-refractivity contribution is 5.37. The summed E-state index contributed by atoms with van der Waals surface area (Å²) in [5.41, 5.74) is 2.57. The van der Waals surface area contributed by atoms with Crippen molar-refractivity contribution in [3.8, 4) is 5.75 Å². The second-order valence-corrected chi connectivity index (χ2v) is 5.35. The molecule has 1 saturated carbocycles. The van der Waals surface area contributed by atoms with Gasteiger partial charge in [0.1, 0.15) is 12.4 Å². The monoisotopic (exact) mass is 267 g/mol. The van der Waals surface area contributed by atoms with Gasteiger partial charge in [-0.3, -0.25) is 0 Å². The van der Waals surface area contributed by atoms with E-state index in [-0.39, 0.29) is 0 Å². The van der Waals surface area contributed by atoms with E-state index >= 15 is 0 Å². The summed E-state index contributed by atoms with van der Waals surface area (Å²) in [7, 11) is 0. The van der Waals surface area contributed by atoms with Crippen molar-refractivity contribution in [2.24, 2.45) is 0 Å². The topological polar surface area (TPSA) is 21.3 Å². The van der Waals surface area contributed by atoms with Crippen molar-refractivity contribution in [2.75, 3.05) is 13.2 Å². The van der Waals surface area contributed by atoms with Gasteiger partial charge in [-0.25, -0.2) is 0 Å². The van der Waals surface area contributed by atoms with Crippen molar-refractivity contribution in [3.05, 3.63) is 65.7 Å². The summed E-state index contributed by atoms with van der Waals surface area (Å²) in [6, 6.07) is 19.6. The zero-order valence-corrected chi connectivity index (χ0v) is 11.7. The molecule has 0 aromatic heterocycles. The van der Waals surface area contributed by atoms with Crippen LogP contribution in [-0.4, -0.2) is 19.2 Å². The standard InChI is InChI=1S/C18H21NO/c1-2-6-15(7-3-1)14-16-8-4-5-9-18(16)20-13-12-19-17-10-11-17/h1-9,17,19H,10-14H2. The lowest BCUT2D eigenvalue weighted by Crippen LogP contribution is -2.23. The zero-order chi connectivity index (χ0) is 13.6. The van der Waals surface area contributed by atoms with Crippen LogP contribution in [0.15, 0.2) is 54.6 Å². The van der Waals surface area contributed by atoms with Gasteiger partial charge in [0.15, 0.2) is 0 Å². The molecule has 0 amide bonds. The fourth-order valence-electron chi connectivity index (χ4n) is 2.32. The zero-order valence-electron chi connectivity index (χ0n) is 11.7. The van der Waals surface area contributed by atoms with Crippen LogP contribution in [-0.2, 0) is 6.42 Å². The van der Waals surface area contributed by atoms with Crippen molar-refractivity contribution < 1.29 is 4.74 Å². The van der Waals surface area contributed by atoms with E-state index in [1.165, 1.54) is 24.0 Å². The van der Waals surface area contributed by atoms with Gasteiger partial charge in [0.25, 0.3) is 0 Å². The Bertz CT molecular complexity index is 534. The highest BCUT2D eigenvalue weighted by Gasteiger charge is 2.19. The van der Waals surface area contributed by atoms with Gasteiger partial charge < -0.3 is 10.1 Å². The van der Waals surface area contributed by atoms with Crippen LogP contribution >= 0.6 is 0 Å². The number of hydrogen-bond acceptors (Lipinski definition) is 2. The molecule has 0 bridgehead atoms. The summed E-state index contributed by atoms with van der Waals surface area (Å²) in [5, 5.41) is 3.47. The first-order valence-corrected chi connectivity index (χ1v) is 7.40. The number of benzene rings is 2. The van der Waals surface area contributed by atoms with E-state index in [1.54, 1.807) is 0 Å². The molecule has 1 fully saturated rings. The van der Waals surface area contributed by atoms with Crippen molar-refractivity contribution in [1.29, 1.82) is 0 Å². The van der Waals surface area contributed by atoms with Crippen LogP contribution in [0.1, 0.15) is 24.0 Å². The molecule has 2 aromatic rings. The molecule has 1 N–H and O–H groups in total. The van der Waals surface area contributed by atoms with Crippen molar-refractivity contribution in [2.45, 2.75) is 25.3 Å².